The Labute approximate surface area is 120 Å². The van der Waals surface area contributed by atoms with Gasteiger partial charge in [0.25, 0.3) is 0 Å². The Morgan fingerprint density at radius 2 is 2.15 bits per heavy atom. The lowest BCUT2D eigenvalue weighted by molar-refractivity contribution is 0.336. The third kappa shape index (κ3) is 2.36. The lowest BCUT2D eigenvalue weighted by Crippen LogP contribution is -2.34. The smallest absolute Gasteiger partial charge is 0.141 e. The Morgan fingerprint density at radius 1 is 1.35 bits per heavy atom. The van der Waals surface area contributed by atoms with E-state index >= 15 is 0 Å². The highest BCUT2D eigenvalue weighted by Crippen LogP contribution is 2.41. The topological polar surface area (TPSA) is 53.6 Å². The Kier molecular flexibility index (Phi) is 3.34. The van der Waals surface area contributed by atoms with E-state index in [9.17, 15) is 0 Å². The highest BCUT2D eigenvalue weighted by Gasteiger charge is 2.32. The second kappa shape index (κ2) is 5.02. The maximum Gasteiger partial charge on any atom is 0.141 e. The van der Waals surface area contributed by atoms with Gasteiger partial charge in [0.1, 0.15) is 12.2 Å². The average Bonchev–Trinajstić information content (AvgIpc) is 2.96. The van der Waals surface area contributed by atoms with Crippen LogP contribution in [0.25, 0.3) is 0 Å². The molecule has 0 saturated carbocycles. The van der Waals surface area contributed by atoms with Gasteiger partial charge in [-0.2, -0.15) is 5.10 Å². The van der Waals surface area contributed by atoms with Gasteiger partial charge in [0, 0.05) is 6.04 Å². The van der Waals surface area contributed by atoms with Crippen LogP contribution in [0.15, 0.2) is 30.6 Å². The molecule has 1 aromatic carbocycles. The van der Waals surface area contributed by atoms with Gasteiger partial charge in [-0.1, -0.05) is 38.1 Å². The van der Waals surface area contributed by atoms with Gasteiger partial charge in [0.2, 0.25) is 0 Å². The zero-order valence-corrected chi connectivity index (χ0v) is 12.4. The number of hydrogen-bond donors (Lipinski definition) is 2. The molecule has 0 aliphatic heterocycles. The van der Waals surface area contributed by atoms with Crippen LogP contribution in [0, 0.1) is 0 Å². The van der Waals surface area contributed by atoms with Crippen molar-refractivity contribution in [1.82, 2.24) is 20.5 Å². The second-order valence-corrected chi connectivity index (χ2v) is 6.32. The summed E-state index contributed by atoms with van der Waals surface area (Å²) in [4.78, 5) is 4.24. The molecule has 2 atom stereocenters. The lowest BCUT2D eigenvalue weighted by atomic mass is 9.71. The zero-order chi connectivity index (χ0) is 14.2. The molecule has 1 heterocycles. The van der Waals surface area contributed by atoms with E-state index in [2.05, 4.69) is 65.5 Å². The number of H-pyrrole nitrogens is 1. The maximum absolute atomic E-state index is 4.24. The van der Waals surface area contributed by atoms with Gasteiger partial charge in [0.05, 0.1) is 6.04 Å². The average molecular weight is 270 g/mol. The predicted molar refractivity (Wildman–Crippen MR) is 79.4 cm³/mol. The van der Waals surface area contributed by atoms with Gasteiger partial charge in [-0.15, -0.1) is 0 Å². The van der Waals surface area contributed by atoms with E-state index < -0.39 is 0 Å². The highest BCUT2D eigenvalue weighted by molar-refractivity contribution is 5.38. The molecule has 0 fully saturated rings. The minimum absolute atomic E-state index is 0.178. The SMILES string of the molecule is CC(NC1CCC(C)(C)c2ccccc21)c1ncn[nH]1. The van der Waals surface area contributed by atoms with Gasteiger partial charge in [-0.05, 0) is 36.3 Å². The molecule has 1 aliphatic rings. The van der Waals surface area contributed by atoms with Gasteiger partial charge in [-0.25, -0.2) is 4.98 Å². The van der Waals surface area contributed by atoms with Crippen LogP contribution in [0.4, 0.5) is 0 Å². The van der Waals surface area contributed by atoms with Crippen LogP contribution < -0.4 is 5.32 Å². The first-order valence-corrected chi connectivity index (χ1v) is 7.28. The number of aromatic amines is 1. The Hall–Kier alpha value is -1.68. The molecule has 0 saturated heterocycles. The van der Waals surface area contributed by atoms with E-state index in [-0.39, 0.29) is 11.5 Å². The first-order chi connectivity index (χ1) is 9.58. The lowest BCUT2D eigenvalue weighted by Gasteiger charge is -2.38. The van der Waals surface area contributed by atoms with Crippen LogP contribution in [0.3, 0.4) is 0 Å². The summed E-state index contributed by atoms with van der Waals surface area (Å²) in [6.45, 7) is 6.80. The minimum atomic E-state index is 0.178. The van der Waals surface area contributed by atoms with Crippen molar-refractivity contribution in [2.75, 3.05) is 0 Å². The molecule has 2 aromatic rings. The predicted octanol–water partition coefficient (Wildman–Crippen LogP) is 3.27. The van der Waals surface area contributed by atoms with E-state index in [1.165, 1.54) is 17.5 Å². The van der Waals surface area contributed by atoms with Crippen LogP contribution in [0.1, 0.15) is 62.6 Å². The molecular formula is C16H22N4. The number of fused-ring (bicyclic) bond motifs is 1. The van der Waals surface area contributed by atoms with Crippen LogP contribution >= 0.6 is 0 Å². The molecule has 0 bridgehead atoms. The van der Waals surface area contributed by atoms with Crippen molar-refractivity contribution in [3.8, 4) is 0 Å². The van der Waals surface area contributed by atoms with Crippen LogP contribution in [-0.2, 0) is 5.41 Å². The summed E-state index contributed by atoms with van der Waals surface area (Å²) in [5, 5.41) is 10.6. The van der Waals surface area contributed by atoms with Gasteiger partial charge < -0.3 is 5.32 Å². The molecule has 1 aromatic heterocycles. The first-order valence-electron chi connectivity index (χ1n) is 7.28. The molecule has 1 aliphatic carbocycles. The van der Waals surface area contributed by atoms with E-state index in [0.29, 0.717) is 6.04 Å². The Morgan fingerprint density at radius 3 is 2.90 bits per heavy atom. The summed E-state index contributed by atoms with van der Waals surface area (Å²) in [7, 11) is 0. The normalized spacial score (nSPS) is 22.2. The summed E-state index contributed by atoms with van der Waals surface area (Å²) in [6.07, 6.45) is 3.92. The number of nitrogens with zero attached hydrogens (tertiary/aromatic N) is 2. The molecule has 4 heteroatoms. The summed E-state index contributed by atoms with van der Waals surface area (Å²) in [5.41, 5.74) is 3.16. The molecular weight excluding hydrogens is 248 g/mol. The fourth-order valence-corrected chi connectivity index (χ4v) is 3.19. The molecule has 0 radical (unpaired) electrons. The molecule has 3 rings (SSSR count). The monoisotopic (exact) mass is 270 g/mol. The summed E-state index contributed by atoms with van der Waals surface area (Å²) in [6, 6.07) is 9.36. The largest absolute Gasteiger partial charge is 0.301 e. The van der Waals surface area contributed by atoms with Crippen molar-refractivity contribution in [3.05, 3.63) is 47.5 Å². The van der Waals surface area contributed by atoms with E-state index in [1.807, 2.05) is 0 Å². The van der Waals surface area contributed by atoms with Crippen molar-refractivity contribution in [2.45, 2.75) is 51.1 Å². The molecule has 2 N–H and O–H groups in total. The van der Waals surface area contributed by atoms with Crippen LogP contribution in [-0.4, -0.2) is 15.2 Å². The molecule has 0 amide bonds. The number of rotatable bonds is 3. The number of benzene rings is 1. The molecule has 106 valence electrons. The quantitative estimate of drug-likeness (QED) is 0.900. The third-order valence-electron chi connectivity index (χ3n) is 4.42. The zero-order valence-electron chi connectivity index (χ0n) is 12.4. The van der Waals surface area contributed by atoms with Gasteiger partial charge in [-0.3, -0.25) is 5.10 Å². The molecule has 20 heavy (non-hydrogen) atoms. The third-order valence-corrected chi connectivity index (χ3v) is 4.42. The van der Waals surface area contributed by atoms with Crippen molar-refractivity contribution in [2.24, 2.45) is 0 Å². The summed E-state index contributed by atoms with van der Waals surface area (Å²) in [5.74, 6) is 0.896. The molecule has 2 unspecified atom stereocenters. The highest BCUT2D eigenvalue weighted by atomic mass is 15.2. The minimum Gasteiger partial charge on any atom is -0.301 e. The first kappa shape index (κ1) is 13.3. The van der Waals surface area contributed by atoms with E-state index in [1.54, 1.807) is 6.33 Å². The fourth-order valence-electron chi connectivity index (χ4n) is 3.19. The number of aromatic nitrogens is 3. The number of hydrogen-bond acceptors (Lipinski definition) is 3. The van der Waals surface area contributed by atoms with Crippen LogP contribution in [0.5, 0.6) is 0 Å². The van der Waals surface area contributed by atoms with Crippen molar-refractivity contribution < 1.29 is 0 Å². The van der Waals surface area contributed by atoms with Gasteiger partial charge >= 0.3 is 0 Å². The van der Waals surface area contributed by atoms with E-state index in [0.717, 1.165) is 12.2 Å². The summed E-state index contributed by atoms with van der Waals surface area (Å²) >= 11 is 0. The fraction of sp³-hybridized carbons (Fsp3) is 0.500. The molecule has 4 nitrogen and oxygen atoms in total. The standard InChI is InChI=1S/C16H22N4/c1-11(15-17-10-18-20-15)19-14-8-9-16(2,3)13-7-5-4-6-12(13)14/h4-7,10-11,14,19H,8-9H2,1-3H3,(H,17,18,20). The van der Waals surface area contributed by atoms with E-state index in [4.69, 9.17) is 0 Å². The Bertz CT molecular complexity index is 574. The maximum atomic E-state index is 4.24. The number of nitrogens with one attached hydrogen (secondary N) is 2. The van der Waals surface area contributed by atoms with Crippen molar-refractivity contribution in [1.29, 1.82) is 0 Å². The summed E-state index contributed by atoms with van der Waals surface area (Å²) < 4.78 is 0. The van der Waals surface area contributed by atoms with Crippen molar-refractivity contribution >= 4 is 0 Å². The van der Waals surface area contributed by atoms with Crippen molar-refractivity contribution in [3.63, 3.8) is 0 Å². The Balaban J connectivity index is 1.85. The second-order valence-electron chi connectivity index (χ2n) is 6.32. The van der Waals surface area contributed by atoms with Gasteiger partial charge in [0.15, 0.2) is 0 Å². The molecule has 0 spiro atoms. The van der Waals surface area contributed by atoms with Crippen LogP contribution in [0.2, 0.25) is 0 Å².